The summed E-state index contributed by atoms with van der Waals surface area (Å²) in [6.45, 7) is 2.55. The van der Waals surface area contributed by atoms with Gasteiger partial charge in [0, 0.05) is 13.0 Å². The fraction of sp³-hybridized carbons (Fsp3) is 0.750. The molecule has 9 heteroatoms. The third-order valence-electron chi connectivity index (χ3n) is 3.04. The van der Waals surface area contributed by atoms with Gasteiger partial charge < -0.3 is 10.4 Å². The van der Waals surface area contributed by atoms with E-state index in [1.807, 2.05) is 0 Å². The zero-order chi connectivity index (χ0) is 15.7. The van der Waals surface area contributed by atoms with Crippen LogP contribution in [0.4, 0.5) is 10.7 Å². The van der Waals surface area contributed by atoms with Crippen molar-refractivity contribution < 1.29 is 14.7 Å². The first kappa shape index (κ1) is 16.9. The van der Waals surface area contributed by atoms with Gasteiger partial charge in [0.1, 0.15) is 0 Å². The molecule has 9 nitrogen and oxygen atoms in total. The van der Waals surface area contributed by atoms with Crippen LogP contribution in [-0.4, -0.2) is 43.9 Å². The second-order valence-electron chi connectivity index (χ2n) is 4.86. The molecule has 0 radical (unpaired) electrons. The van der Waals surface area contributed by atoms with Crippen LogP contribution in [0.3, 0.4) is 0 Å². The van der Waals surface area contributed by atoms with E-state index in [4.69, 9.17) is 5.11 Å². The SMILES string of the molecule is CCCC(CCNC(=O)Nc1nnn(C)n1)CCC(=O)O. The van der Waals surface area contributed by atoms with Crippen LogP contribution < -0.4 is 10.6 Å². The average molecular weight is 298 g/mol. The van der Waals surface area contributed by atoms with Gasteiger partial charge in [-0.25, -0.2) is 4.79 Å². The summed E-state index contributed by atoms with van der Waals surface area (Å²) in [4.78, 5) is 23.4. The lowest BCUT2D eigenvalue weighted by molar-refractivity contribution is -0.137. The number of nitrogens with one attached hydrogen (secondary N) is 2. The predicted octanol–water partition coefficient (Wildman–Crippen LogP) is 1.00. The lowest BCUT2D eigenvalue weighted by Crippen LogP contribution is -2.31. The van der Waals surface area contributed by atoms with Crippen molar-refractivity contribution in [1.29, 1.82) is 0 Å². The highest BCUT2D eigenvalue weighted by molar-refractivity contribution is 5.87. The molecular formula is C12H22N6O3. The van der Waals surface area contributed by atoms with Crippen molar-refractivity contribution in [2.75, 3.05) is 11.9 Å². The molecule has 0 aliphatic rings. The maximum absolute atomic E-state index is 11.6. The number of nitrogens with zero attached hydrogens (tertiary/aromatic N) is 4. The Morgan fingerprint density at radius 3 is 2.67 bits per heavy atom. The molecule has 0 aliphatic carbocycles. The van der Waals surface area contributed by atoms with Gasteiger partial charge in [-0.05, 0) is 24.0 Å². The van der Waals surface area contributed by atoms with E-state index in [9.17, 15) is 9.59 Å². The van der Waals surface area contributed by atoms with Gasteiger partial charge in [-0.3, -0.25) is 10.1 Å². The Bertz CT molecular complexity index is 462. The summed E-state index contributed by atoms with van der Waals surface area (Å²) < 4.78 is 0. The Balaban J connectivity index is 2.25. The molecule has 1 atom stereocenters. The van der Waals surface area contributed by atoms with Crippen LogP contribution in [0.5, 0.6) is 0 Å². The number of aliphatic carboxylic acids is 1. The molecule has 1 unspecified atom stereocenters. The number of tetrazole rings is 1. The number of carboxylic acid groups (broad SMARTS) is 1. The van der Waals surface area contributed by atoms with E-state index in [1.54, 1.807) is 7.05 Å². The molecule has 3 N–H and O–H groups in total. The predicted molar refractivity (Wildman–Crippen MR) is 75.7 cm³/mol. The number of carboxylic acids is 1. The minimum atomic E-state index is -0.782. The van der Waals surface area contributed by atoms with Gasteiger partial charge in [0.05, 0.1) is 7.05 Å². The largest absolute Gasteiger partial charge is 0.481 e. The number of rotatable bonds is 9. The van der Waals surface area contributed by atoms with Crippen molar-refractivity contribution in [2.24, 2.45) is 13.0 Å². The first-order valence-electron chi connectivity index (χ1n) is 7.02. The molecule has 1 aromatic rings. The molecule has 0 aliphatic heterocycles. The molecule has 21 heavy (non-hydrogen) atoms. The summed E-state index contributed by atoms with van der Waals surface area (Å²) in [6, 6.07) is -0.392. The van der Waals surface area contributed by atoms with Crippen molar-refractivity contribution in [1.82, 2.24) is 25.5 Å². The quantitative estimate of drug-likeness (QED) is 0.625. The standard InChI is InChI=1S/C12H22N6O3/c1-3-4-9(5-6-10(19)20)7-8-13-12(21)14-11-15-17-18(2)16-11/h9H,3-8H2,1-2H3,(H,19,20)(H2,13,14,16,21). The van der Waals surface area contributed by atoms with E-state index in [0.29, 0.717) is 18.9 Å². The summed E-state index contributed by atoms with van der Waals surface area (Å²) in [5.74, 6) is -0.331. The number of urea groups is 1. The van der Waals surface area contributed by atoms with Gasteiger partial charge in [0.15, 0.2) is 0 Å². The molecule has 1 heterocycles. The molecule has 0 aromatic carbocycles. The number of amides is 2. The highest BCUT2D eigenvalue weighted by Gasteiger charge is 2.11. The van der Waals surface area contributed by atoms with Crippen LogP contribution in [0.2, 0.25) is 0 Å². The molecule has 2 amide bonds. The van der Waals surface area contributed by atoms with Crippen LogP contribution >= 0.6 is 0 Å². The smallest absolute Gasteiger partial charge is 0.321 e. The van der Waals surface area contributed by atoms with E-state index >= 15 is 0 Å². The first-order chi connectivity index (χ1) is 10.0. The Morgan fingerprint density at radius 2 is 2.10 bits per heavy atom. The Hall–Kier alpha value is -2.19. The number of carbonyl (C=O) groups excluding carboxylic acids is 1. The minimum absolute atomic E-state index is 0.144. The van der Waals surface area contributed by atoms with Gasteiger partial charge in [-0.2, -0.15) is 4.80 Å². The van der Waals surface area contributed by atoms with E-state index in [-0.39, 0.29) is 12.4 Å². The normalized spacial score (nSPS) is 11.9. The van der Waals surface area contributed by atoms with Gasteiger partial charge in [-0.15, -0.1) is 5.10 Å². The van der Waals surface area contributed by atoms with E-state index in [2.05, 4.69) is 33.0 Å². The first-order valence-corrected chi connectivity index (χ1v) is 7.02. The summed E-state index contributed by atoms with van der Waals surface area (Å²) in [6.07, 6.45) is 3.52. The number of aromatic nitrogens is 4. The molecule has 0 saturated carbocycles. The van der Waals surface area contributed by atoms with Crippen LogP contribution in [-0.2, 0) is 11.8 Å². The van der Waals surface area contributed by atoms with Gasteiger partial charge in [0.2, 0.25) is 0 Å². The van der Waals surface area contributed by atoms with Gasteiger partial charge >= 0.3 is 12.0 Å². The van der Waals surface area contributed by atoms with Crippen molar-refractivity contribution in [3.8, 4) is 0 Å². The third kappa shape index (κ3) is 7.23. The van der Waals surface area contributed by atoms with Crippen molar-refractivity contribution in [3.63, 3.8) is 0 Å². The summed E-state index contributed by atoms with van der Waals surface area (Å²) in [5, 5.41) is 25.0. The molecular weight excluding hydrogens is 276 g/mol. The summed E-state index contributed by atoms with van der Waals surface area (Å²) in [7, 11) is 1.61. The molecule has 0 bridgehead atoms. The van der Waals surface area contributed by atoms with Crippen LogP contribution in [0.25, 0.3) is 0 Å². The average Bonchev–Trinajstić information content (AvgIpc) is 2.81. The van der Waals surface area contributed by atoms with Crippen LogP contribution in [0.15, 0.2) is 0 Å². The molecule has 1 rings (SSSR count). The molecule has 0 fully saturated rings. The molecule has 1 aromatic heterocycles. The number of carbonyl (C=O) groups is 2. The van der Waals surface area contributed by atoms with Crippen molar-refractivity contribution in [2.45, 2.75) is 39.0 Å². The van der Waals surface area contributed by atoms with Crippen LogP contribution in [0.1, 0.15) is 39.0 Å². The lowest BCUT2D eigenvalue weighted by atomic mass is 9.94. The highest BCUT2D eigenvalue weighted by atomic mass is 16.4. The Labute approximate surface area is 123 Å². The fourth-order valence-electron chi connectivity index (χ4n) is 2.04. The van der Waals surface area contributed by atoms with E-state index < -0.39 is 12.0 Å². The van der Waals surface area contributed by atoms with Gasteiger partial charge in [-0.1, -0.05) is 24.9 Å². The number of hydrogen-bond acceptors (Lipinski definition) is 5. The number of hydrogen-bond donors (Lipinski definition) is 3. The highest BCUT2D eigenvalue weighted by Crippen LogP contribution is 2.17. The fourth-order valence-corrected chi connectivity index (χ4v) is 2.04. The zero-order valence-electron chi connectivity index (χ0n) is 12.4. The van der Waals surface area contributed by atoms with Crippen molar-refractivity contribution >= 4 is 17.9 Å². The van der Waals surface area contributed by atoms with Crippen molar-refractivity contribution in [3.05, 3.63) is 0 Å². The molecule has 0 spiro atoms. The molecule has 118 valence electrons. The van der Waals surface area contributed by atoms with E-state index in [0.717, 1.165) is 19.3 Å². The van der Waals surface area contributed by atoms with Gasteiger partial charge in [0.25, 0.3) is 5.95 Å². The molecule has 0 saturated heterocycles. The second kappa shape index (κ2) is 8.88. The maximum atomic E-state index is 11.6. The minimum Gasteiger partial charge on any atom is -0.481 e. The Morgan fingerprint density at radius 1 is 1.33 bits per heavy atom. The lowest BCUT2D eigenvalue weighted by Gasteiger charge is -2.15. The van der Waals surface area contributed by atoms with E-state index in [1.165, 1.54) is 4.80 Å². The zero-order valence-corrected chi connectivity index (χ0v) is 12.4. The number of aryl methyl sites for hydroxylation is 1. The third-order valence-corrected chi connectivity index (χ3v) is 3.04. The number of anilines is 1. The Kier molecular flexibility index (Phi) is 7.13. The second-order valence-corrected chi connectivity index (χ2v) is 4.86. The topological polar surface area (TPSA) is 122 Å². The van der Waals surface area contributed by atoms with Crippen LogP contribution in [0, 0.1) is 5.92 Å². The maximum Gasteiger partial charge on any atom is 0.321 e. The summed E-state index contributed by atoms with van der Waals surface area (Å²) >= 11 is 0. The monoisotopic (exact) mass is 298 g/mol. The summed E-state index contributed by atoms with van der Waals surface area (Å²) in [5.41, 5.74) is 0.